The lowest BCUT2D eigenvalue weighted by molar-refractivity contribution is -0.134. The Morgan fingerprint density at radius 1 is 0.871 bits per heavy atom. The average molecular weight is 442 g/mol. The summed E-state index contributed by atoms with van der Waals surface area (Å²) in [5, 5.41) is 0. The first-order valence-electron chi connectivity index (χ1n) is 10.5. The average Bonchev–Trinajstić information content (AvgIpc) is 3.60. The quantitative estimate of drug-likeness (QED) is 0.773. The normalized spacial score (nSPS) is 16.8. The van der Waals surface area contributed by atoms with Gasteiger partial charge in [-0.25, -0.2) is 8.42 Å². The summed E-state index contributed by atoms with van der Waals surface area (Å²) in [6.45, 7) is 5.96. The van der Waals surface area contributed by atoms with Crippen LogP contribution in [0.15, 0.2) is 47.4 Å². The molecule has 0 atom stereocenters. The molecule has 2 amide bonds. The van der Waals surface area contributed by atoms with Crippen molar-refractivity contribution in [2.45, 2.75) is 31.6 Å². The Bertz CT molecular complexity index is 1100. The Balaban J connectivity index is 1.38. The molecule has 31 heavy (non-hydrogen) atoms. The molecule has 7 nitrogen and oxygen atoms in total. The van der Waals surface area contributed by atoms with Crippen molar-refractivity contribution in [2.24, 2.45) is 5.92 Å². The van der Waals surface area contributed by atoms with Gasteiger partial charge in [-0.3, -0.25) is 14.3 Å². The van der Waals surface area contributed by atoms with Crippen molar-refractivity contribution in [1.82, 2.24) is 9.80 Å². The molecular formula is C23H27N3O4S. The maximum atomic E-state index is 12.8. The first kappa shape index (κ1) is 21.4. The molecule has 0 spiro atoms. The van der Waals surface area contributed by atoms with Crippen LogP contribution in [0.1, 0.15) is 34.3 Å². The molecule has 2 fully saturated rings. The van der Waals surface area contributed by atoms with Crippen LogP contribution in [0, 0.1) is 19.8 Å². The Morgan fingerprint density at radius 3 is 2.06 bits per heavy atom. The summed E-state index contributed by atoms with van der Waals surface area (Å²) >= 11 is 0. The van der Waals surface area contributed by atoms with Gasteiger partial charge in [0.15, 0.2) is 0 Å². The van der Waals surface area contributed by atoms with Crippen LogP contribution in [0.25, 0.3) is 0 Å². The van der Waals surface area contributed by atoms with Crippen LogP contribution >= 0.6 is 0 Å². The number of amides is 2. The summed E-state index contributed by atoms with van der Waals surface area (Å²) in [4.78, 5) is 28.8. The molecule has 1 N–H and O–H groups in total. The highest BCUT2D eigenvalue weighted by Gasteiger charge is 2.35. The topological polar surface area (TPSA) is 86.8 Å². The SMILES string of the molecule is Cc1ccc(S(=O)(=O)Nc2ccc(C(=O)N3CCN(C(=O)C4CC4)CC3)cc2)cc1C. The predicted octanol–water partition coefficient (Wildman–Crippen LogP) is 2.80. The van der Waals surface area contributed by atoms with Gasteiger partial charge >= 0.3 is 0 Å². The van der Waals surface area contributed by atoms with Crippen LogP contribution in [-0.2, 0) is 14.8 Å². The van der Waals surface area contributed by atoms with Crippen molar-refractivity contribution >= 4 is 27.5 Å². The second-order valence-corrected chi connectivity index (χ2v) is 10.0. The van der Waals surface area contributed by atoms with Crippen molar-refractivity contribution in [1.29, 1.82) is 0 Å². The molecule has 1 heterocycles. The van der Waals surface area contributed by atoms with Crippen LogP contribution < -0.4 is 4.72 Å². The van der Waals surface area contributed by atoms with E-state index in [0.717, 1.165) is 24.0 Å². The molecular weight excluding hydrogens is 414 g/mol. The second-order valence-electron chi connectivity index (χ2n) is 8.32. The molecule has 4 rings (SSSR count). The summed E-state index contributed by atoms with van der Waals surface area (Å²) in [7, 11) is -3.71. The van der Waals surface area contributed by atoms with E-state index in [-0.39, 0.29) is 22.6 Å². The van der Waals surface area contributed by atoms with Gasteiger partial charge in [-0.15, -0.1) is 0 Å². The van der Waals surface area contributed by atoms with Crippen molar-refractivity contribution in [3.05, 3.63) is 59.2 Å². The number of nitrogens with zero attached hydrogens (tertiary/aromatic N) is 2. The lowest BCUT2D eigenvalue weighted by Gasteiger charge is -2.35. The molecule has 1 saturated heterocycles. The highest BCUT2D eigenvalue weighted by molar-refractivity contribution is 7.92. The minimum atomic E-state index is -3.71. The fourth-order valence-corrected chi connectivity index (χ4v) is 4.82. The summed E-state index contributed by atoms with van der Waals surface area (Å²) in [5.74, 6) is 0.303. The van der Waals surface area contributed by atoms with Gasteiger partial charge in [-0.1, -0.05) is 6.07 Å². The number of carbonyl (C=O) groups is 2. The van der Waals surface area contributed by atoms with Gasteiger partial charge in [0.25, 0.3) is 15.9 Å². The Morgan fingerprint density at radius 2 is 1.48 bits per heavy atom. The molecule has 1 saturated carbocycles. The van der Waals surface area contributed by atoms with Gasteiger partial charge in [0.05, 0.1) is 4.90 Å². The monoisotopic (exact) mass is 441 g/mol. The third kappa shape index (κ3) is 4.74. The number of rotatable bonds is 5. The van der Waals surface area contributed by atoms with Gasteiger partial charge in [-0.05, 0) is 74.2 Å². The van der Waals surface area contributed by atoms with E-state index < -0.39 is 10.0 Å². The first-order valence-corrected chi connectivity index (χ1v) is 12.0. The van der Waals surface area contributed by atoms with Crippen molar-refractivity contribution in [3.63, 3.8) is 0 Å². The number of nitrogens with one attached hydrogen (secondary N) is 1. The number of hydrogen-bond donors (Lipinski definition) is 1. The van der Waals surface area contributed by atoms with E-state index >= 15 is 0 Å². The maximum absolute atomic E-state index is 12.8. The molecule has 1 aliphatic carbocycles. The number of benzene rings is 2. The van der Waals surface area contributed by atoms with Crippen LogP contribution in [0.4, 0.5) is 5.69 Å². The Hall–Kier alpha value is -2.87. The number of piperazine rings is 1. The standard InChI is InChI=1S/C23H27N3O4S/c1-16-3-10-21(15-17(16)2)31(29,30)24-20-8-6-19(7-9-20)23(28)26-13-11-25(12-14-26)22(27)18-4-5-18/h3,6-10,15,18,24H,4-5,11-14H2,1-2H3. The van der Waals surface area contributed by atoms with Gasteiger partial charge in [0, 0.05) is 43.3 Å². The van der Waals surface area contributed by atoms with Crippen molar-refractivity contribution in [2.75, 3.05) is 30.9 Å². The summed E-state index contributed by atoms with van der Waals surface area (Å²) in [6, 6.07) is 11.4. The van der Waals surface area contributed by atoms with E-state index in [9.17, 15) is 18.0 Å². The molecule has 0 radical (unpaired) electrons. The Labute approximate surface area is 183 Å². The van der Waals surface area contributed by atoms with E-state index in [2.05, 4.69) is 4.72 Å². The maximum Gasteiger partial charge on any atom is 0.261 e. The van der Waals surface area contributed by atoms with Crippen LogP contribution in [0.5, 0.6) is 0 Å². The zero-order chi connectivity index (χ0) is 22.2. The third-order valence-corrected chi connectivity index (χ3v) is 7.36. The number of hydrogen-bond acceptors (Lipinski definition) is 4. The number of carbonyl (C=O) groups excluding carboxylic acids is 2. The lowest BCUT2D eigenvalue weighted by Crippen LogP contribution is -2.51. The minimum Gasteiger partial charge on any atom is -0.339 e. The van der Waals surface area contributed by atoms with E-state index in [4.69, 9.17) is 0 Å². The fourth-order valence-electron chi connectivity index (χ4n) is 3.68. The summed E-state index contributed by atoms with van der Waals surface area (Å²) in [5.41, 5.74) is 2.83. The van der Waals surface area contributed by atoms with Crippen LogP contribution in [-0.4, -0.2) is 56.2 Å². The van der Waals surface area contributed by atoms with Gasteiger partial charge in [-0.2, -0.15) is 0 Å². The van der Waals surface area contributed by atoms with E-state index in [1.165, 1.54) is 0 Å². The molecule has 0 aromatic heterocycles. The van der Waals surface area contributed by atoms with Gasteiger partial charge in [0.2, 0.25) is 5.91 Å². The highest BCUT2D eigenvalue weighted by Crippen LogP contribution is 2.31. The summed E-state index contributed by atoms with van der Waals surface area (Å²) < 4.78 is 27.9. The van der Waals surface area contributed by atoms with Gasteiger partial charge < -0.3 is 9.80 Å². The molecule has 2 aliphatic rings. The van der Waals surface area contributed by atoms with Gasteiger partial charge in [0.1, 0.15) is 0 Å². The molecule has 1 aliphatic heterocycles. The fraction of sp³-hybridized carbons (Fsp3) is 0.391. The van der Waals surface area contributed by atoms with E-state index in [1.807, 2.05) is 18.7 Å². The zero-order valence-corrected chi connectivity index (χ0v) is 18.6. The second kappa shape index (κ2) is 8.34. The third-order valence-electron chi connectivity index (χ3n) is 5.98. The first-order chi connectivity index (χ1) is 14.7. The molecule has 2 aromatic carbocycles. The predicted molar refractivity (Wildman–Crippen MR) is 118 cm³/mol. The van der Waals surface area contributed by atoms with Crippen molar-refractivity contribution < 1.29 is 18.0 Å². The smallest absolute Gasteiger partial charge is 0.261 e. The molecule has 164 valence electrons. The number of aryl methyl sites for hydroxylation is 2. The van der Waals surface area contributed by atoms with E-state index in [0.29, 0.717) is 37.4 Å². The zero-order valence-electron chi connectivity index (χ0n) is 17.8. The molecule has 0 bridgehead atoms. The van der Waals surface area contributed by atoms with Crippen LogP contribution in [0.3, 0.4) is 0 Å². The lowest BCUT2D eigenvalue weighted by atomic mass is 10.1. The molecule has 2 aromatic rings. The number of anilines is 1. The van der Waals surface area contributed by atoms with E-state index in [1.54, 1.807) is 47.4 Å². The Kier molecular flexibility index (Phi) is 5.75. The largest absolute Gasteiger partial charge is 0.339 e. The summed E-state index contributed by atoms with van der Waals surface area (Å²) in [6.07, 6.45) is 1.97. The molecule has 0 unspecified atom stereocenters. The minimum absolute atomic E-state index is 0.109. The highest BCUT2D eigenvalue weighted by atomic mass is 32.2. The number of sulfonamides is 1. The van der Waals surface area contributed by atoms with Crippen LogP contribution in [0.2, 0.25) is 0 Å². The van der Waals surface area contributed by atoms with Crippen molar-refractivity contribution in [3.8, 4) is 0 Å². The molecule has 8 heteroatoms.